The number of nitrogens with one attached hydrogen (secondary N) is 2. The lowest BCUT2D eigenvalue weighted by atomic mass is 10.4. The average molecular weight is 411 g/mol. The second kappa shape index (κ2) is 6.94. The first-order valence-corrected chi connectivity index (χ1v) is 7.46. The van der Waals surface area contributed by atoms with Crippen LogP contribution in [0.25, 0.3) is 0 Å². The minimum absolute atomic E-state index is 0.0295. The molecule has 0 fully saturated rings. The number of rotatable bonds is 3. The minimum Gasteiger partial charge on any atom is -0.461 e. The standard InChI is InChI=1S/C8H7BrCl3N3O3S/c1-2-18-5(16)3-4(19-6(9)13-3)14-7(17)15-8(10,11)12/h2H2,1H3,(H2,14,15,17). The van der Waals surface area contributed by atoms with E-state index in [0.717, 1.165) is 11.3 Å². The molecule has 0 aromatic carbocycles. The molecule has 6 nitrogen and oxygen atoms in total. The fraction of sp³-hybridized carbons (Fsp3) is 0.375. The molecular weight excluding hydrogens is 404 g/mol. The molecule has 0 saturated carbocycles. The van der Waals surface area contributed by atoms with Crippen LogP contribution in [0.1, 0.15) is 17.4 Å². The molecule has 1 aromatic heterocycles. The Morgan fingerprint density at radius 3 is 2.63 bits per heavy atom. The molecule has 1 aromatic rings. The predicted molar refractivity (Wildman–Crippen MR) is 78.2 cm³/mol. The summed E-state index contributed by atoms with van der Waals surface area (Å²) in [5, 5.41) is 4.56. The van der Waals surface area contributed by atoms with Crippen molar-refractivity contribution in [1.82, 2.24) is 10.3 Å². The van der Waals surface area contributed by atoms with E-state index in [-0.39, 0.29) is 17.3 Å². The quantitative estimate of drug-likeness (QED) is 0.453. The maximum Gasteiger partial charge on any atom is 0.360 e. The van der Waals surface area contributed by atoms with Crippen molar-refractivity contribution in [1.29, 1.82) is 0 Å². The molecule has 0 unspecified atom stereocenters. The molecule has 0 bridgehead atoms. The molecule has 0 radical (unpaired) electrons. The van der Waals surface area contributed by atoms with Gasteiger partial charge in [0.25, 0.3) is 3.92 Å². The van der Waals surface area contributed by atoms with E-state index in [1.807, 2.05) is 5.32 Å². The molecule has 0 saturated heterocycles. The van der Waals surface area contributed by atoms with Gasteiger partial charge in [0.05, 0.1) is 6.61 Å². The van der Waals surface area contributed by atoms with Crippen LogP contribution in [0.15, 0.2) is 3.92 Å². The predicted octanol–water partition coefficient (Wildman–Crippen LogP) is 3.53. The summed E-state index contributed by atoms with van der Waals surface area (Å²) in [6, 6.07) is -0.790. The van der Waals surface area contributed by atoms with Crippen molar-refractivity contribution in [2.24, 2.45) is 0 Å². The largest absolute Gasteiger partial charge is 0.461 e. The Labute approximate surface area is 135 Å². The third-order valence-electron chi connectivity index (χ3n) is 1.55. The lowest BCUT2D eigenvalue weighted by Crippen LogP contribution is -2.38. The Morgan fingerprint density at radius 1 is 1.47 bits per heavy atom. The van der Waals surface area contributed by atoms with Crippen molar-refractivity contribution < 1.29 is 14.3 Å². The Kier molecular flexibility index (Phi) is 6.13. The Hall–Kier alpha value is -0.280. The lowest BCUT2D eigenvalue weighted by Gasteiger charge is -2.13. The van der Waals surface area contributed by atoms with Crippen molar-refractivity contribution in [3.63, 3.8) is 0 Å². The number of urea groups is 1. The first-order valence-electron chi connectivity index (χ1n) is 4.72. The summed E-state index contributed by atoms with van der Waals surface area (Å²) in [6.07, 6.45) is 0. The molecule has 0 aliphatic rings. The number of esters is 1. The average Bonchev–Trinajstić information content (AvgIpc) is 2.56. The van der Waals surface area contributed by atoms with E-state index < -0.39 is 15.9 Å². The second-order valence-corrected chi connectivity index (χ2v) is 7.50. The lowest BCUT2D eigenvalue weighted by molar-refractivity contribution is 0.0521. The fourth-order valence-electron chi connectivity index (χ4n) is 0.980. The highest BCUT2D eigenvalue weighted by atomic mass is 79.9. The van der Waals surface area contributed by atoms with Gasteiger partial charge in [0.15, 0.2) is 9.61 Å². The molecule has 1 rings (SSSR count). The highest BCUT2D eigenvalue weighted by Gasteiger charge is 2.25. The molecule has 2 amide bonds. The number of amides is 2. The van der Waals surface area contributed by atoms with Crippen LogP contribution in [-0.2, 0) is 4.74 Å². The summed E-state index contributed by atoms with van der Waals surface area (Å²) in [5.74, 6) is -0.659. The van der Waals surface area contributed by atoms with E-state index in [1.165, 1.54) is 0 Å². The number of alkyl halides is 3. The molecule has 1 heterocycles. The van der Waals surface area contributed by atoms with E-state index in [9.17, 15) is 9.59 Å². The molecule has 11 heteroatoms. The van der Waals surface area contributed by atoms with Gasteiger partial charge in [-0.25, -0.2) is 14.6 Å². The number of nitrogens with zero attached hydrogens (tertiary/aromatic N) is 1. The van der Waals surface area contributed by atoms with Gasteiger partial charge in [-0.1, -0.05) is 46.1 Å². The summed E-state index contributed by atoms with van der Waals surface area (Å²) < 4.78 is 3.25. The third kappa shape index (κ3) is 5.70. The molecule has 0 spiro atoms. The number of thiazole rings is 1. The van der Waals surface area contributed by atoms with E-state index in [1.54, 1.807) is 6.92 Å². The highest BCUT2D eigenvalue weighted by Crippen LogP contribution is 2.29. The Morgan fingerprint density at radius 2 is 2.11 bits per heavy atom. The van der Waals surface area contributed by atoms with Crippen LogP contribution in [0.3, 0.4) is 0 Å². The van der Waals surface area contributed by atoms with Gasteiger partial charge in [0, 0.05) is 0 Å². The van der Waals surface area contributed by atoms with Gasteiger partial charge in [-0.2, -0.15) is 0 Å². The summed E-state index contributed by atoms with van der Waals surface area (Å²) in [6.45, 7) is 1.84. The van der Waals surface area contributed by atoms with Crippen molar-refractivity contribution in [2.45, 2.75) is 10.8 Å². The topological polar surface area (TPSA) is 80.3 Å². The maximum atomic E-state index is 11.6. The number of hydrogen-bond donors (Lipinski definition) is 2. The van der Waals surface area contributed by atoms with Crippen molar-refractivity contribution >= 4 is 79.1 Å². The number of halogens is 4. The summed E-state index contributed by atoms with van der Waals surface area (Å²) in [7, 11) is 0. The molecule has 106 valence electrons. The van der Waals surface area contributed by atoms with E-state index in [2.05, 4.69) is 26.2 Å². The molecule has 0 atom stereocenters. The summed E-state index contributed by atoms with van der Waals surface area (Å²) in [4.78, 5) is 27.0. The first-order chi connectivity index (χ1) is 8.73. The van der Waals surface area contributed by atoms with E-state index in [0.29, 0.717) is 3.92 Å². The molecule has 19 heavy (non-hydrogen) atoms. The number of anilines is 1. The van der Waals surface area contributed by atoms with E-state index >= 15 is 0 Å². The Balaban J connectivity index is 2.83. The third-order valence-corrected chi connectivity index (χ3v) is 3.26. The van der Waals surface area contributed by atoms with Gasteiger partial charge >= 0.3 is 12.0 Å². The fourth-order valence-corrected chi connectivity index (χ4v) is 2.57. The van der Waals surface area contributed by atoms with Crippen LogP contribution >= 0.6 is 62.1 Å². The molecule has 0 aliphatic heterocycles. The highest BCUT2D eigenvalue weighted by molar-refractivity contribution is 9.11. The number of carbonyl (C=O) groups is 2. The van der Waals surface area contributed by atoms with Crippen LogP contribution in [-0.4, -0.2) is 27.5 Å². The number of hydrogen-bond acceptors (Lipinski definition) is 5. The van der Waals surface area contributed by atoms with Crippen molar-refractivity contribution in [3.8, 4) is 0 Å². The number of ether oxygens (including phenoxy) is 1. The van der Waals surface area contributed by atoms with Crippen LogP contribution in [0.5, 0.6) is 0 Å². The monoisotopic (exact) mass is 409 g/mol. The summed E-state index contributed by atoms with van der Waals surface area (Å²) >= 11 is 20.3. The number of aromatic nitrogens is 1. The molecule has 2 N–H and O–H groups in total. The first kappa shape index (κ1) is 16.8. The number of carbonyl (C=O) groups excluding carboxylic acids is 2. The molecule has 0 aliphatic carbocycles. The zero-order valence-corrected chi connectivity index (χ0v) is 14.0. The van der Waals surface area contributed by atoms with Gasteiger partial charge in [-0.3, -0.25) is 10.6 Å². The molecular formula is C8H7BrCl3N3O3S. The van der Waals surface area contributed by atoms with Gasteiger partial charge in [-0.05, 0) is 22.9 Å². The van der Waals surface area contributed by atoms with Crippen LogP contribution in [0, 0.1) is 0 Å². The van der Waals surface area contributed by atoms with Gasteiger partial charge in [0.1, 0.15) is 5.00 Å². The van der Waals surface area contributed by atoms with Gasteiger partial charge in [-0.15, -0.1) is 0 Å². The zero-order valence-electron chi connectivity index (χ0n) is 9.30. The van der Waals surface area contributed by atoms with Crippen LogP contribution in [0.2, 0.25) is 0 Å². The van der Waals surface area contributed by atoms with Gasteiger partial charge in [0.2, 0.25) is 0 Å². The maximum absolute atomic E-state index is 11.6. The van der Waals surface area contributed by atoms with E-state index in [4.69, 9.17) is 39.5 Å². The smallest absolute Gasteiger partial charge is 0.360 e. The van der Waals surface area contributed by atoms with Crippen molar-refractivity contribution in [2.75, 3.05) is 11.9 Å². The summed E-state index contributed by atoms with van der Waals surface area (Å²) in [5.41, 5.74) is -0.0295. The Bertz CT molecular complexity index is 491. The van der Waals surface area contributed by atoms with Gasteiger partial charge < -0.3 is 4.74 Å². The normalized spacial score (nSPS) is 11.0. The van der Waals surface area contributed by atoms with Crippen LogP contribution < -0.4 is 10.6 Å². The SMILES string of the molecule is CCOC(=O)c1nc(Br)sc1NC(=O)NC(Cl)(Cl)Cl. The van der Waals surface area contributed by atoms with Crippen LogP contribution in [0.4, 0.5) is 9.80 Å². The zero-order chi connectivity index (χ0) is 14.6. The minimum atomic E-state index is -1.95. The second-order valence-electron chi connectivity index (χ2n) is 2.94. The van der Waals surface area contributed by atoms with Crippen molar-refractivity contribution in [3.05, 3.63) is 9.61 Å².